The van der Waals surface area contributed by atoms with E-state index < -0.39 is 5.76 Å². The van der Waals surface area contributed by atoms with Crippen LogP contribution in [0.5, 0.6) is 0 Å². The molecule has 0 spiro atoms. The molecule has 0 fully saturated rings. The quantitative estimate of drug-likeness (QED) is 0.857. The number of aryl methyl sites for hydroxylation is 1. The molecule has 0 radical (unpaired) electrons. The van der Waals surface area contributed by atoms with E-state index in [-0.39, 0.29) is 0 Å². The second kappa shape index (κ2) is 4.75. The summed E-state index contributed by atoms with van der Waals surface area (Å²) in [5.41, 5.74) is 7.84. The number of nitrogens with two attached hydrogens (primary N) is 1. The number of rotatable bonds is 3. The van der Waals surface area contributed by atoms with Gasteiger partial charge in [0.1, 0.15) is 0 Å². The molecule has 0 saturated heterocycles. The zero-order valence-electron chi connectivity index (χ0n) is 9.10. The number of hydrogen-bond donors (Lipinski definition) is 1. The van der Waals surface area contributed by atoms with Gasteiger partial charge in [0.25, 0.3) is 5.76 Å². The van der Waals surface area contributed by atoms with Crippen molar-refractivity contribution in [1.82, 2.24) is 9.78 Å². The van der Waals surface area contributed by atoms with Crippen molar-refractivity contribution >= 4 is 17.4 Å². The van der Waals surface area contributed by atoms with Crippen molar-refractivity contribution in [3.8, 4) is 11.3 Å². The van der Waals surface area contributed by atoms with Crippen LogP contribution in [0.2, 0.25) is 0 Å². The first-order valence-corrected chi connectivity index (χ1v) is 5.78. The van der Waals surface area contributed by atoms with Crippen molar-refractivity contribution in [1.29, 1.82) is 0 Å². The van der Waals surface area contributed by atoms with Gasteiger partial charge in [0, 0.05) is 17.5 Å². The van der Waals surface area contributed by atoms with E-state index >= 15 is 0 Å². The fraction of sp³-hybridized carbons (Fsp3) is 0.182. The maximum Gasteiger partial charge on any atom is 0.288 e. The molecule has 0 aliphatic heterocycles. The number of aromatic nitrogens is 2. The Labute approximate surface area is 102 Å². The van der Waals surface area contributed by atoms with E-state index in [1.54, 1.807) is 36.1 Å². The third-order valence-electron chi connectivity index (χ3n) is 2.30. The van der Waals surface area contributed by atoms with Gasteiger partial charge in [0.05, 0.1) is 17.6 Å². The highest BCUT2D eigenvalue weighted by Crippen LogP contribution is 2.31. The van der Waals surface area contributed by atoms with Crippen LogP contribution in [-0.4, -0.2) is 15.5 Å². The van der Waals surface area contributed by atoms with Gasteiger partial charge in [-0.15, -0.1) is 0 Å². The van der Waals surface area contributed by atoms with Gasteiger partial charge in [-0.05, 0) is 12.1 Å². The van der Waals surface area contributed by atoms with Gasteiger partial charge >= 0.3 is 0 Å². The van der Waals surface area contributed by atoms with Crippen LogP contribution in [-0.2, 0) is 7.05 Å². The number of hydrogen-bond acceptors (Lipinski definition) is 3. The van der Waals surface area contributed by atoms with Crippen LogP contribution >= 0.6 is 11.8 Å². The first-order chi connectivity index (χ1) is 8.08. The molecule has 0 amide bonds. The summed E-state index contributed by atoms with van der Waals surface area (Å²) in [7, 11) is 1.76. The van der Waals surface area contributed by atoms with Crippen molar-refractivity contribution in [2.24, 2.45) is 7.05 Å². The lowest BCUT2D eigenvalue weighted by atomic mass is 10.1. The topological polar surface area (TPSA) is 43.8 Å². The number of nitrogen functional groups attached to an aromatic ring is 1. The lowest BCUT2D eigenvalue weighted by Crippen LogP contribution is -1.96. The SMILES string of the molecule is Cn1ncc(N)c1-c1cccc(SC(F)F)c1. The third kappa shape index (κ3) is 2.58. The predicted molar refractivity (Wildman–Crippen MR) is 64.9 cm³/mol. The molecule has 17 heavy (non-hydrogen) atoms. The lowest BCUT2D eigenvalue weighted by molar-refractivity contribution is 0.252. The van der Waals surface area contributed by atoms with Crippen LogP contribution in [0.3, 0.4) is 0 Å². The molecule has 0 unspecified atom stereocenters. The molecular weight excluding hydrogens is 244 g/mol. The molecule has 0 bridgehead atoms. The molecule has 2 rings (SSSR count). The molecule has 1 aromatic heterocycles. The third-order valence-corrected chi connectivity index (χ3v) is 3.00. The Morgan fingerprint density at radius 1 is 1.41 bits per heavy atom. The molecule has 2 aromatic rings. The summed E-state index contributed by atoms with van der Waals surface area (Å²) in [5, 5.41) is 4.02. The molecule has 6 heteroatoms. The fourth-order valence-electron chi connectivity index (χ4n) is 1.63. The molecule has 3 nitrogen and oxygen atoms in total. The Hall–Kier alpha value is -1.56. The Kier molecular flexibility index (Phi) is 3.33. The average Bonchev–Trinajstić information content (AvgIpc) is 2.58. The number of benzene rings is 1. The van der Waals surface area contributed by atoms with E-state index in [1.807, 2.05) is 6.07 Å². The molecular formula is C11H11F2N3S. The summed E-state index contributed by atoms with van der Waals surface area (Å²) in [6.07, 6.45) is 1.54. The minimum Gasteiger partial charge on any atom is -0.396 e. The monoisotopic (exact) mass is 255 g/mol. The minimum atomic E-state index is -2.42. The van der Waals surface area contributed by atoms with E-state index in [9.17, 15) is 8.78 Å². The average molecular weight is 255 g/mol. The maximum absolute atomic E-state index is 12.3. The van der Waals surface area contributed by atoms with Crippen LogP contribution in [0.4, 0.5) is 14.5 Å². The summed E-state index contributed by atoms with van der Waals surface area (Å²) < 4.78 is 26.2. The highest BCUT2D eigenvalue weighted by Gasteiger charge is 2.10. The molecule has 0 aliphatic carbocycles. The van der Waals surface area contributed by atoms with Crippen molar-refractivity contribution in [3.63, 3.8) is 0 Å². The van der Waals surface area contributed by atoms with Crippen molar-refractivity contribution in [2.75, 3.05) is 5.73 Å². The van der Waals surface area contributed by atoms with E-state index in [4.69, 9.17) is 5.73 Å². The van der Waals surface area contributed by atoms with Crippen LogP contribution in [0.25, 0.3) is 11.3 Å². The highest BCUT2D eigenvalue weighted by molar-refractivity contribution is 7.99. The maximum atomic E-state index is 12.3. The van der Waals surface area contributed by atoms with Gasteiger partial charge in [-0.1, -0.05) is 23.9 Å². The van der Waals surface area contributed by atoms with Gasteiger partial charge in [0.15, 0.2) is 0 Å². The summed E-state index contributed by atoms with van der Waals surface area (Å²) in [6, 6.07) is 6.88. The smallest absolute Gasteiger partial charge is 0.288 e. The summed E-state index contributed by atoms with van der Waals surface area (Å²) in [5.74, 6) is -2.42. The predicted octanol–water partition coefficient (Wildman–Crippen LogP) is 2.98. The highest BCUT2D eigenvalue weighted by atomic mass is 32.2. The molecule has 0 saturated carbocycles. The second-order valence-electron chi connectivity index (χ2n) is 3.48. The normalized spacial score (nSPS) is 11.1. The number of halogens is 2. The van der Waals surface area contributed by atoms with Crippen LogP contribution in [0.15, 0.2) is 35.4 Å². The van der Waals surface area contributed by atoms with Gasteiger partial charge in [-0.2, -0.15) is 13.9 Å². The number of alkyl halides is 2. The Morgan fingerprint density at radius 2 is 2.18 bits per heavy atom. The zero-order valence-corrected chi connectivity index (χ0v) is 9.92. The molecule has 1 heterocycles. The molecule has 0 atom stereocenters. The van der Waals surface area contributed by atoms with Crippen LogP contribution < -0.4 is 5.73 Å². The number of anilines is 1. The number of thioether (sulfide) groups is 1. The molecule has 2 N–H and O–H groups in total. The largest absolute Gasteiger partial charge is 0.396 e. The summed E-state index contributed by atoms with van der Waals surface area (Å²) in [6.45, 7) is 0. The second-order valence-corrected chi connectivity index (χ2v) is 4.54. The minimum absolute atomic E-state index is 0.512. The van der Waals surface area contributed by atoms with Gasteiger partial charge in [-0.25, -0.2) is 0 Å². The van der Waals surface area contributed by atoms with Crippen molar-refractivity contribution in [3.05, 3.63) is 30.5 Å². The Balaban J connectivity index is 2.40. The molecule has 1 aromatic carbocycles. The van der Waals surface area contributed by atoms with Gasteiger partial charge in [-0.3, -0.25) is 4.68 Å². The zero-order chi connectivity index (χ0) is 12.4. The summed E-state index contributed by atoms with van der Waals surface area (Å²) in [4.78, 5) is 0.512. The van der Waals surface area contributed by atoms with E-state index in [0.29, 0.717) is 22.3 Å². The van der Waals surface area contributed by atoms with E-state index in [0.717, 1.165) is 11.3 Å². The standard InChI is InChI=1S/C11H11F2N3S/c1-16-10(9(14)6-15-16)7-3-2-4-8(5-7)17-11(12)13/h2-6,11H,14H2,1H3. The molecule has 0 aliphatic rings. The van der Waals surface area contributed by atoms with Crippen LogP contribution in [0, 0.1) is 0 Å². The van der Waals surface area contributed by atoms with E-state index in [2.05, 4.69) is 5.10 Å². The van der Waals surface area contributed by atoms with Crippen molar-refractivity contribution in [2.45, 2.75) is 10.7 Å². The number of nitrogens with zero attached hydrogens (tertiary/aromatic N) is 2. The first kappa shape index (κ1) is 11.9. The Bertz CT molecular complexity index is 506. The lowest BCUT2D eigenvalue weighted by Gasteiger charge is -2.06. The summed E-state index contributed by atoms with van der Waals surface area (Å²) >= 11 is 0.518. The first-order valence-electron chi connectivity index (χ1n) is 4.90. The fourth-order valence-corrected chi connectivity index (χ4v) is 2.19. The van der Waals surface area contributed by atoms with Gasteiger partial charge < -0.3 is 5.73 Å². The molecule has 90 valence electrons. The Morgan fingerprint density at radius 3 is 2.76 bits per heavy atom. The van der Waals surface area contributed by atoms with Crippen molar-refractivity contribution < 1.29 is 8.78 Å². The van der Waals surface area contributed by atoms with Crippen LogP contribution in [0.1, 0.15) is 0 Å². The van der Waals surface area contributed by atoms with E-state index in [1.165, 1.54) is 0 Å². The van der Waals surface area contributed by atoms with Gasteiger partial charge in [0.2, 0.25) is 0 Å².